The Bertz CT molecular complexity index is 915. The predicted octanol–water partition coefficient (Wildman–Crippen LogP) is 6.15. The summed E-state index contributed by atoms with van der Waals surface area (Å²) in [5.41, 5.74) is 3.49. The molecule has 0 saturated carbocycles. The van der Waals surface area contributed by atoms with Crippen molar-refractivity contribution >= 4 is 5.97 Å². The van der Waals surface area contributed by atoms with Crippen molar-refractivity contribution < 1.29 is 19.4 Å². The first-order valence-electron chi connectivity index (χ1n) is 11.1. The summed E-state index contributed by atoms with van der Waals surface area (Å²) in [7, 11) is 0. The van der Waals surface area contributed by atoms with Gasteiger partial charge < -0.3 is 14.6 Å². The number of ether oxygens (including phenoxy) is 2. The van der Waals surface area contributed by atoms with Crippen LogP contribution in [0.3, 0.4) is 0 Å². The largest absolute Gasteiger partial charge is 0.487 e. The van der Waals surface area contributed by atoms with Crippen LogP contribution in [0.4, 0.5) is 0 Å². The monoisotopic (exact) mass is 408 g/mol. The van der Waals surface area contributed by atoms with Crippen molar-refractivity contribution in [3.05, 3.63) is 64.7 Å². The summed E-state index contributed by atoms with van der Waals surface area (Å²) < 4.78 is 12.9. The van der Waals surface area contributed by atoms with E-state index in [1.807, 2.05) is 6.07 Å². The summed E-state index contributed by atoms with van der Waals surface area (Å²) in [6, 6.07) is 14.2. The number of carbonyl (C=O) groups is 1. The molecular formula is C26H32O4. The lowest BCUT2D eigenvalue weighted by atomic mass is 9.70. The molecule has 1 saturated heterocycles. The number of aromatic carboxylic acids is 1. The normalized spacial score (nSPS) is 26.9. The molecule has 0 bridgehead atoms. The Morgan fingerprint density at radius 3 is 2.57 bits per heavy atom. The van der Waals surface area contributed by atoms with E-state index in [1.54, 1.807) is 12.1 Å². The van der Waals surface area contributed by atoms with Crippen molar-refractivity contribution in [2.75, 3.05) is 0 Å². The van der Waals surface area contributed by atoms with E-state index < -0.39 is 11.6 Å². The fourth-order valence-corrected chi connectivity index (χ4v) is 5.02. The summed E-state index contributed by atoms with van der Waals surface area (Å²) in [5.74, 6) is 0.199. The van der Waals surface area contributed by atoms with E-state index in [2.05, 4.69) is 52.0 Å². The second-order valence-electron chi connectivity index (χ2n) is 9.32. The molecule has 0 spiro atoms. The lowest BCUT2D eigenvalue weighted by molar-refractivity contribution is -0.153. The van der Waals surface area contributed by atoms with Gasteiger partial charge in [0.15, 0.2) is 0 Å². The van der Waals surface area contributed by atoms with Gasteiger partial charge in [0, 0.05) is 17.4 Å². The molecule has 2 heterocycles. The molecule has 4 nitrogen and oxygen atoms in total. The maximum Gasteiger partial charge on any atom is 0.335 e. The van der Waals surface area contributed by atoms with Crippen molar-refractivity contribution in [3.8, 4) is 5.75 Å². The number of carboxylic acids is 1. The van der Waals surface area contributed by atoms with E-state index in [0.717, 1.165) is 18.4 Å². The van der Waals surface area contributed by atoms with Gasteiger partial charge in [0.25, 0.3) is 0 Å². The lowest BCUT2D eigenvalue weighted by Gasteiger charge is -2.50. The van der Waals surface area contributed by atoms with Gasteiger partial charge in [0.2, 0.25) is 0 Å². The molecule has 0 aromatic heterocycles. The number of fused-ring (bicyclic) bond motifs is 3. The van der Waals surface area contributed by atoms with Crippen LogP contribution in [-0.4, -0.2) is 22.8 Å². The Balaban J connectivity index is 1.60. The van der Waals surface area contributed by atoms with Crippen LogP contribution in [0.5, 0.6) is 5.75 Å². The smallest absolute Gasteiger partial charge is 0.335 e. The first-order valence-corrected chi connectivity index (χ1v) is 11.1. The van der Waals surface area contributed by atoms with E-state index in [-0.39, 0.29) is 23.7 Å². The first kappa shape index (κ1) is 20.9. The van der Waals surface area contributed by atoms with Crippen LogP contribution in [0.1, 0.15) is 86.0 Å². The minimum Gasteiger partial charge on any atom is -0.487 e. The summed E-state index contributed by atoms with van der Waals surface area (Å²) in [6.07, 6.45) is 4.54. The van der Waals surface area contributed by atoms with Crippen molar-refractivity contribution in [2.24, 2.45) is 5.92 Å². The van der Waals surface area contributed by atoms with E-state index in [9.17, 15) is 9.90 Å². The predicted molar refractivity (Wildman–Crippen MR) is 117 cm³/mol. The molecule has 30 heavy (non-hydrogen) atoms. The number of aryl methyl sites for hydroxylation is 1. The number of rotatable bonds is 5. The van der Waals surface area contributed by atoms with E-state index in [0.29, 0.717) is 11.7 Å². The van der Waals surface area contributed by atoms with Gasteiger partial charge >= 0.3 is 5.97 Å². The Morgan fingerprint density at radius 1 is 1.17 bits per heavy atom. The minimum atomic E-state index is -0.943. The first-order chi connectivity index (χ1) is 14.3. The van der Waals surface area contributed by atoms with Gasteiger partial charge in [-0.1, -0.05) is 43.7 Å². The van der Waals surface area contributed by atoms with Crippen molar-refractivity contribution in [1.29, 1.82) is 0 Å². The zero-order chi connectivity index (χ0) is 21.5. The van der Waals surface area contributed by atoms with Gasteiger partial charge in [-0.3, -0.25) is 0 Å². The Morgan fingerprint density at radius 2 is 1.90 bits per heavy atom. The fourth-order valence-electron chi connectivity index (χ4n) is 5.02. The fraction of sp³-hybridized carbons (Fsp3) is 0.500. The second-order valence-corrected chi connectivity index (χ2v) is 9.32. The van der Waals surface area contributed by atoms with Crippen molar-refractivity contribution in [3.63, 3.8) is 0 Å². The van der Waals surface area contributed by atoms with Gasteiger partial charge in [-0.25, -0.2) is 4.79 Å². The third-order valence-electron chi connectivity index (χ3n) is 6.86. The molecule has 160 valence electrons. The number of benzene rings is 2. The molecule has 0 amide bonds. The average molecular weight is 409 g/mol. The van der Waals surface area contributed by atoms with Crippen LogP contribution >= 0.6 is 0 Å². The van der Waals surface area contributed by atoms with Gasteiger partial charge in [0.1, 0.15) is 11.4 Å². The summed E-state index contributed by atoms with van der Waals surface area (Å²) in [4.78, 5) is 11.4. The SMILES string of the molecule is CCCCc1ccc([C@@H]2CC3C(O[C@@H]2C)c2ccc(C(=O)O)cc2OC3(C)C)cc1. The molecule has 2 aliphatic heterocycles. The van der Waals surface area contributed by atoms with Crippen LogP contribution in [0, 0.1) is 5.92 Å². The van der Waals surface area contributed by atoms with Gasteiger partial charge in [-0.15, -0.1) is 0 Å². The van der Waals surface area contributed by atoms with Gasteiger partial charge in [-0.05, 0) is 63.3 Å². The van der Waals surface area contributed by atoms with Crippen molar-refractivity contribution in [1.82, 2.24) is 0 Å². The molecule has 2 unspecified atom stereocenters. The average Bonchev–Trinajstić information content (AvgIpc) is 2.71. The summed E-state index contributed by atoms with van der Waals surface area (Å²) in [5, 5.41) is 9.33. The molecular weight excluding hydrogens is 376 g/mol. The van der Waals surface area contributed by atoms with Crippen molar-refractivity contribution in [2.45, 2.75) is 77.1 Å². The minimum absolute atomic E-state index is 0.0774. The van der Waals surface area contributed by atoms with Crippen LogP contribution in [0.25, 0.3) is 0 Å². The number of unbranched alkanes of at least 4 members (excludes halogenated alkanes) is 1. The molecule has 0 aliphatic carbocycles. The topological polar surface area (TPSA) is 55.8 Å². The highest BCUT2D eigenvalue weighted by atomic mass is 16.5. The summed E-state index contributed by atoms with van der Waals surface area (Å²) in [6.45, 7) is 8.55. The quantitative estimate of drug-likeness (QED) is 0.645. The lowest BCUT2D eigenvalue weighted by Crippen LogP contribution is -2.50. The van der Waals surface area contributed by atoms with Gasteiger partial charge in [-0.2, -0.15) is 0 Å². The molecule has 4 rings (SSSR count). The maximum atomic E-state index is 11.4. The molecule has 4 atom stereocenters. The highest BCUT2D eigenvalue weighted by Crippen LogP contribution is 2.53. The third-order valence-corrected chi connectivity index (χ3v) is 6.86. The Hall–Kier alpha value is -2.33. The Labute approximate surface area is 179 Å². The molecule has 2 aromatic rings. The molecule has 2 aromatic carbocycles. The highest BCUT2D eigenvalue weighted by molar-refractivity contribution is 5.88. The summed E-state index contributed by atoms with van der Waals surface area (Å²) >= 11 is 0. The zero-order valence-electron chi connectivity index (χ0n) is 18.4. The molecule has 2 aliphatic rings. The maximum absolute atomic E-state index is 11.4. The van der Waals surface area contributed by atoms with E-state index >= 15 is 0 Å². The number of hydrogen-bond donors (Lipinski definition) is 1. The van der Waals surface area contributed by atoms with E-state index in [1.165, 1.54) is 24.0 Å². The molecule has 4 heteroatoms. The number of carboxylic acid groups (broad SMARTS) is 1. The molecule has 1 fully saturated rings. The molecule has 1 N–H and O–H groups in total. The van der Waals surface area contributed by atoms with E-state index in [4.69, 9.17) is 9.47 Å². The van der Waals surface area contributed by atoms with Gasteiger partial charge in [0.05, 0.1) is 17.8 Å². The number of hydrogen-bond acceptors (Lipinski definition) is 3. The second kappa shape index (κ2) is 8.07. The standard InChI is InChI=1S/C26H32O4/c1-5-6-7-17-8-10-18(11-9-17)21-15-22-24(29-16(21)2)20-13-12-19(25(27)28)14-23(20)30-26(22,3)4/h8-14,16,21-22,24H,5-7,15H2,1-4H3,(H,27,28)/t16-,21-,22?,24?/m1/s1. The van der Waals surface area contributed by atoms with Crippen LogP contribution < -0.4 is 4.74 Å². The molecule has 0 radical (unpaired) electrons. The zero-order valence-corrected chi connectivity index (χ0v) is 18.4. The highest BCUT2D eigenvalue weighted by Gasteiger charge is 2.49. The third kappa shape index (κ3) is 3.85. The Kier molecular flexibility index (Phi) is 5.63. The van der Waals surface area contributed by atoms with Crippen LogP contribution in [0.15, 0.2) is 42.5 Å². The van der Waals surface area contributed by atoms with Crippen LogP contribution in [-0.2, 0) is 11.2 Å². The van der Waals surface area contributed by atoms with Crippen LogP contribution in [0.2, 0.25) is 0 Å².